The fraction of sp³-hybridized carbons (Fsp3) is 0.733. The Hall–Kier alpha value is -0.141. The summed E-state index contributed by atoms with van der Waals surface area (Å²) in [6.45, 7) is 34.6. The van der Waals surface area contributed by atoms with Crippen LogP contribution in [0.1, 0.15) is 116 Å². The molecule has 0 aromatic heterocycles. The van der Waals surface area contributed by atoms with Gasteiger partial charge in [0.15, 0.2) is 0 Å². The summed E-state index contributed by atoms with van der Waals surface area (Å²) < 4.78 is 42.5. The second kappa shape index (κ2) is 17.1. The average Bonchev–Trinajstić information content (AvgIpc) is 3.71. The van der Waals surface area contributed by atoms with Crippen LogP contribution in [-0.2, 0) is 51.1 Å². The van der Waals surface area contributed by atoms with Crippen LogP contribution in [0.4, 0.5) is 0 Å². The summed E-state index contributed by atoms with van der Waals surface area (Å²) in [4.78, 5) is 0. The van der Waals surface area contributed by atoms with E-state index in [-0.39, 0.29) is 67.1 Å². The van der Waals surface area contributed by atoms with Crippen molar-refractivity contribution in [3.8, 4) is 0 Å². The number of benzene rings is 2. The maximum absolute atomic E-state index is 7.44. The van der Waals surface area contributed by atoms with Crippen LogP contribution >= 0.6 is 8.25 Å². The van der Waals surface area contributed by atoms with Gasteiger partial charge in [-0.25, -0.2) is 0 Å². The van der Waals surface area contributed by atoms with E-state index in [4.69, 9.17) is 36.0 Å². The summed E-state index contributed by atoms with van der Waals surface area (Å²) in [5.74, 6) is -0.487. The van der Waals surface area contributed by atoms with Gasteiger partial charge in [0.2, 0.25) is 0 Å². The van der Waals surface area contributed by atoms with Crippen LogP contribution in [0.3, 0.4) is 0 Å². The molecule has 1 unspecified atom stereocenters. The maximum atomic E-state index is 7.44. The van der Waals surface area contributed by atoms with Gasteiger partial charge in [-0.15, -0.1) is 0 Å². The number of halogens is 1. The van der Waals surface area contributed by atoms with Crippen molar-refractivity contribution < 1.29 is 51.1 Å². The molecule has 0 radical (unpaired) electrons. The SMILES string of the molecule is C[C@@H]1[C@@H]([C@H](C)CO[Si](c2ccccc2)(c2ccccc2)C(C)(C)C)OC(C)(C)O[C@H]1[CH]([Hg][Cl])[C@@H]1CC[C@@](C)([C@H]2CC[C@@](C)([C@@H](C)O[Si](C)(C)C(C)(C)C)O2)O1. The van der Waals surface area contributed by atoms with Gasteiger partial charge in [0.25, 0.3) is 0 Å². The van der Waals surface area contributed by atoms with Crippen molar-refractivity contribution in [2.75, 3.05) is 6.61 Å². The molecule has 6 nitrogen and oxygen atoms in total. The molecule has 10 heteroatoms. The first kappa shape index (κ1) is 45.9. The van der Waals surface area contributed by atoms with Crippen LogP contribution in [0, 0.1) is 11.8 Å². The van der Waals surface area contributed by atoms with Crippen LogP contribution in [0.25, 0.3) is 0 Å². The fourth-order valence-electron chi connectivity index (χ4n) is 9.47. The summed E-state index contributed by atoms with van der Waals surface area (Å²) in [5, 5.41) is 2.64. The molecule has 0 saturated carbocycles. The Morgan fingerprint density at radius 1 is 0.782 bits per heavy atom. The third-order valence-electron chi connectivity index (χ3n) is 14.0. The van der Waals surface area contributed by atoms with E-state index in [1.165, 1.54) is 10.4 Å². The molecule has 3 fully saturated rings. The van der Waals surface area contributed by atoms with Gasteiger partial charge in [0.1, 0.15) is 0 Å². The molecule has 0 amide bonds. The molecule has 0 bridgehead atoms. The first-order valence-electron chi connectivity index (χ1n) is 21.1. The first-order chi connectivity index (χ1) is 25.4. The zero-order valence-corrected chi connectivity index (χ0v) is 45.2. The van der Waals surface area contributed by atoms with Crippen LogP contribution in [0.15, 0.2) is 60.7 Å². The molecular formula is C45H73ClHgO6Si2. The molecule has 0 aliphatic carbocycles. The molecule has 2 aromatic rings. The molecule has 0 spiro atoms. The van der Waals surface area contributed by atoms with Gasteiger partial charge in [-0.3, -0.25) is 0 Å². The molecule has 10 atom stereocenters. The third kappa shape index (κ3) is 9.60. The molecule has 3 saturated heterocycles. The van der Waals surface area contributed by atoms with Crippen LogP contribution in [-0.4, -0.2) is 70.8 Å². The molecule has 306 valence electrons. The van der Waals surface area contributed by atoms with Crippen LogP contribution in [0.2, 0.25) is 26.6 Å². The van der Waals surface area contributed by atoms with E-state index < -0.39 is 45.8 Å². The van der Waals surface area contributed by atoms with E-state index in [0.717, 1.165) is 25.7 Å². The number of ether oxygens (including phenoxy) is 4. The zero-order valence-electron chi connectivity index (χ0n) is 37.0. The van der Waals surface area contributed by atoms with E-state index in [1.807, 2.05) is 0 Å². The van der Waals surface area contributed by atoms with Crippen molar-refractivity contribution in [3.63, 3.8) is 0 Å². The predicted octanol–water partition coefficient (Wildman–Crippen LogP) is 10.7. The number of hydrogen-bond acceptors (Lipinski definition) is 6. The van der Waals surface area contributed by atoms with Crippen molar-refractivity contribution in [2.24, 2.45) is 11.8 Å². The van der Waals surface area contributed by atoms with E-state index in [2.05, 4.69) is 164 Å². The Labute approximate surface area is 353 Å². The second-order valence-corrected chi connectivity index (χ2v) is 37.3. The second-order valence-electron chi connectivity index (χ2n) is 20.7. The minimum atomic E-state index is -2.70. The number of rotatable bonds is 13. The van der Waals surface area contributed by atoms with Gasteiger partial charge in [0.05, 0.1) is 0 Å². The van der Waals surface area contributed by atoms with Crippen molar-refractivity contribution in [2.45, 2.75) is 190 Å². The van der Waals surface area contributed by atoms with E-state index >= 15 is 0 Å². The molecule has 3 heterocycles. The Morgan fingerprint density at radius 2 is 1.33 bits per heavy atom. The van der Waals surface area contributed by atoms with Gasteiger partial charge >= 0.3 is 355 Å². The monoisotopic (exact) mass is 1000 g/mol. The Balaban J connectivity index is 1.32. The van der Waals surface area contributed by atoms with Gasteiger partial charge in [-0.2, -0.15) is 0 Å². The quantitative estimate of drug-likeness (QED) is 0.186. The summed E-state index contributed by atoms with van der Waals surface area (Å²) in [5.41, 5.74) is -0.698. The molecule has 2 aromatic carbocycles. The molecule has 5 rings (SSSR count). The summed E-state index contributed by atoms with van der Waals surface area (Å²) in [6, 6.07) is 21.8. The summed E-state index contributed by atoms with van der Waals surface area (Å²) in [7, 11) is 2.53. The predicted molar refractivity (Wildman–Crippen MR) is 228 cm³/mol. The molecule has 3 aliphatic heterocycles. The Kier molecular flexibility index (Phi) is 14.3. The zero-order chi connectivity index (χ0) is 40.8. The van der Waals surface area contributed by atoms with Crippen molar-refractivity contribution in [1.29, 1.82) is 0 Å². The van der Waals surface area contributed by atoms with Crippen molar-refractivity contribution in [1.82, 2.24) is 0 Å². The topological polar surface area (TPSA) is 55.4 Å². The van der Waals surface area contributed by atoms with Gasteiger partial charge in [-0.05, 0) is 0 Å². The van der Waals surface area contributed by atoms with Crippen molar-refractivity contribution >= 4 is 35.3 Å². The number of hydrogen-bond donors (Lipinski definition) is 0. The average molecular weight is 1000 g/mol. The fourth-order valence-corrected chi connectivity index (χ4v) is 23.7. The molecular weight excluding hydrogens is 929 g/mol. The first-order valence-corrected chi connectivity index (χ1v) is 35.9. The molecule has 55 heavy (non-hydrogen) atoms. The minimum absolute atomic E-state index is 0.0184. The molecule has 3 aliphatic rings. The van der Waals surface area contributed by atoms with Gasteiger partial charge in [-0.1, -0.05) is 0 Å². The third-order valence-corrected chi connectivity index (χ3v) is 31.9. The van der Waals surface area contributed by atoms with E-state index in [9.17, 15) is 0 Å². The Morgan fingerprint density at radius 3 is 1.84 bits per heavy atom. The van der Waals surface area contributed by atoms with Crippen molar-refractivity contribution in [3.05, 3.63) is 60.7 Å². The van der Waals surface area contributed by atoms with E-state index in [0.29, 0.717) is 6.61 Å². The van der Waals surface area contributed by atoms with Crippen LogP contribution in [0.5, 0.6) is 0 Å². The Bertz CT molecular complexity index is 1510. The summed E-state index contributed by atoms with van der Waals surface area (Å²) >= 11 is -1.95. The van der Waals surface area contributed by atoms with Gasteiger partial charge < -0.3 is 0 Å². The van der Waals surface area contributed by atoms with E-state index in [1.54, 1.807) is 0 Å². The van der Waals surface area contributed by atoms with Crippen LogP contribution < -0.4 is 10.4 Å². The standard InChI is InChI=1S/C45H73O6Si2.ClH.Hg/c1-32(31-46-53(42(7,8)9,36-22-18-16-19-23-36)37-24-20-17-21-25-37)40-33(2)38(48-43(10,11)50-40)30-35-26-28-45(13,47-35)39-27-29-44(12,49-39)34(3)51-52(14,15)41(4,5)6;;/h16-25,30,32-35,38-40H,26-29,31H2,1-15H3;1H;/q;;+1/p-1/t32-,33+,34-,35+,38+,39-,40-,44+,45+;;/m1../s1. The summed E-state index contributed by atoms with van der Waals surface area (Å²) in [6.07, 6.45) is 3.90. The normalized spacial score (nSPS) is 32.2. The van der Waals surface area contributed by atoms with Gasteiger partial charge in [0, 0.05) is 0 Å². The molecule has 0 N–H and O–H groups in total.